The lowest BCUT2D eigenvalue weighted by atomic mass is 10.0. The second-order valence-electron chi connectivity index (χ2n) is 6.22. The largest absolute Gasteiger partial charge is 0.366 e. The zero-order chi connectivity index (χ0) is 18.8. The van der Waals surface area contributed by atoms with Gasteiger partial charge in [0.15, 0.2) is 0 Å². The molecule has 1 amide bonds. The van der Waals surface area contributed by atoms with E-state index in [4.69, 9.17) is 5.73 Å². The quantitative estimate of drug-likeness (QED) is 0.508. The molecule has 134 valence electrons. The lowest BCUT2D eigenvalue weighted by Gasteiger charge is -2.12. The van der Waals surface area contributed by atoms with E-state index in [0.717, 1.165) is 22.2 Å². The number of aryl methyl sites for hydroxylation is 1. The molecule has 0 aliphatic carbocycles. The molecule has 0 unspecified atom stereocenters. The molecule has 0 aliphatic rings. The van der Waals surface area contributed by atoms with E-state index in [9.17, 15) is 4.79 Å². The van der Waals surface area contributed by atoms with Crippen LogP contribution >= 0.6 is 0 Å². The van der Waals surface area contributed by atoms with Gasteiger partial charge in [-0.05, 0) is 42.8 Å². The number of amides is 1. The highest BCUT2D eigenvalue weighted by Gasteiger charge is 2.17. The summed E-state index contributed by atoms with van der Waals surface area (Å²) in [4.78, 5) is 28.3. The summed E-state index contributed by atoms with van der Waals surface area (Å²) >= 11 is 0. The molecular formula is C20H18N6O. The van der Waals surface area contributed by atoms with Crippen molar-refractivity contribution in [3.63, 3.8) is 0 Å². The molecule has 4 aromatic rings. The van der Waals surface area contributed by atoms with Crippen molar-refractivity contribution in [3.05, 3.63) is 71.8 Å². The zero-order valence-corrected chi connectivity index (χ0v) is 14.7. The number of nitrogens with zero attached hydrogens (tertiary/aromatic N) is 3. The van der Waals surface area contributed by atoms with Crippen LogP contribution in [0.2, 0.25) is 0 Å². The van der Waals surface area contributed by atoms with Gasteiger partial charge in [0.1, 0.15) is 11.5 Å². The molecule has 0 aromatic carbocycles. The highest BCUT2D eigenvalue weighted by atomic mass is 16.1. The van der Waals surface area contributed by atoms with Gasteiger partial charge < -0.3 is 16.0 Å². The summed E-state index contributed by atoms with van der Waals surface area (Å²) in [5.74, 6) is 0.158. The van der Waals surface area contributed by atoms with Crippen LogP contribution in [0.5, 0.6) is 0 Å². The van der Waals surface area contributed by atoms with E-state index >= 15 is 0 Å². The van der Waals surface area contributed by atoms with Crippen molar-refractivity contribution < 1.29 is 4.79 Å². The Hall–Kier alpha value is -3.74. The van der Waals surface area contributed by atoms with E-state index in [-0.39, 0.29) is 0 Å². The van der Waals surface area contributed by atoms with Crippen LogP contribution in [0.1, 0.15) is 21.6 Å². The predicted molar refractivity (Wildman–Crippen MR) is 104 cm³/mol. The fourth-order valence-corrected chi connectivity index (χ4v) is 2.98. The van der Waals surface area contributed by atoms with Gasteiger partial charge in [-0.1, -0.05) is 6.07 Å². The number of carbonyl (C=O) groups excluding carboxylic acids is 1. The molecule has 0 saturated carbocycles. The summed E-state index contributed by atoms with van der Waals surface area (Å²) in [7, 11) is 0. The third kappa shape index (κ3) is 3.35. The summed E-state index contributed by atoms with van der Waals surface area (Å²) < 4.78 is 0. The van der Waals surface area contributed by atoms with Crippen molar-refractivity contribution in [1.29, 1.82) is 0 Å². The third-order valence-corrected chi connectivity index (χ3v) is 4.28. The van der Waals surface area contributed by atoms with Crippen LogP contribution < -0.4 is 11.1 Å². The number of primary amides is 1. The number of aromatic amines is 1. The highest BCUT2D eigenvalue weighted by molar-refractivity contribution is 6.03. The Labute approximate surface area is 155 Å². The number of carbonyl (C=O) groups is 1. The minimum Gasteiger partial charge on any atom is -0.366 e. The Morgan fingerprint density at radius 2 is 2.11 bits per heavy atom. The Morgan fingerprint density at radius 3 is 2.89 bits per heavy atom. The standard InChI is InChI=1S/C20H18N6O/c1-12-4-5-15(19(21)27)18(25-12)16-9-17(26-20-14(16)6-8-23-20)24-11-13-3-2-7-22-10-13/h2-10H,11H2,1H3,(H2,21,27)(H2,23,24,26). The Bertz CT molecular complexity index is 1120. The summed E-state index contributed by atoms with van der Waals surface area (Å²) in [6, 6.07) is 11.2. The van der Waals surface area contributed by atoms with Gasteiger partial charge in [0.25, 0.3) is 5.91 Å². The lowest BCUT2D eigenvalue weighted by Crippen LogP contribution is -2.13. The number of rotatable bonds is 5. The van der Waals surface area contributed by atoms with Gasteiger partial charge in [-0.15, -0.1) is 0 Å². The number of nitrogens with one attached hydrogen (secondary N) is 2. The van der Waals surface area contributed by atoms with Gasteiger partial charge in [-0.3, -0.25) is 14.8 Å². The molecule has 4 aromatic heterocycles. The summed E-state index contributed by atoms with van der Waals surface area (Å²) in [5, 5.41) is 4.18. The molecule has 4 rings (SSSR count). The number of hydrogen-bond donors (Lipinski definition) is 3. The molecule has 0 spiro atoms. The SMILES string of the molecule is Cc1ccc(C(N)=O)c(-c2cc(NCc3cccnc3)nc3[nH]ccc23)n1. The fourth-order valence-electron chi connectivity index (χ4n) is 2.98. The van der Waals surface area contributed by atoms with E-state index in [1.165, 1.54) is 0 Å². The van der Waals surface area contributed by atoms with E-state index in [1.807, 2.05) is 37.4 Å². The Morgan fingerprint density at radius 1 is 1.22 bits per heavy atom. The molecule has 4 N–H and O–H groups in total. The van der Waals surface area contributed by atoms with E-state index < -0.39 is 5.91 Å². The van der Waals surface area contributed by atoms with Crippen molar-refractivity contribution in [2.75, 3.05) is 5.32 Å². The van der Waals surface area contributed by atoms with Crippen molar-refractivity contribution in [3.8, 4) is 11.3 Å². The molecular weight excluding hydrogens is 340 g/mol. The predicted octanol–water partition coefficient (Wildman–Crippen LogP) is 3.04. The first-order valence-corrected chi connectivity index (χ1v) is 8.50. The van der Waals surface area contributed by atoms with Crippen LogP contribution in [-0.2, 0) is 6.54 Å². The van der Waals surface area contributed by atoms with Crippen molar-refractivity contribution >= 4 is 22.8 Å². The van der Waals surface area contributed by atoms with Gasteiger partial charge in [-0.25, -0.2) is 4.98 Å². The van der Waals surface area contributed by atoms with Crippen LogP contribution in [0.15, 0.2) is 55.0 Å². The smallest absolute Gasteiger partial charge is 0.250 e. The molecule has 27 heavy (non-hydrogen) atoms. The maximum absolute atomic E-state index is 11.9. The molecule has 0 fully saturated rings. The lowest BCUT2D eigenvalue weighted by molar-refractivity contribution is 0.100. The van der Waals surface area contributed by atoms with Crippen LogP contribution in [0.4, 0.5) is 5.82 Å². The molecule has 7 heteroatoms. The van der Waals surface area contributed by atoms with Gasteiger partial charge in [0, 0.05) is 41.8 Å². The van der Waals surface area contributed by atoms with Crippen LogP contribution in [-0.4, -0.2) is 25.8 Å². The van der Waals surface area contributed by atoms with Crippen molar-refractivity contribution in [2.45, 2.75) is 13.5 Å². The van der Waals surface area contributed by atoms with Gasteiger partial charge in [0.05, 0.1) is 11.3 Å². The van der Waals surface area contributed by atoms with Crippen LogP contribution in [0, 0.1) is 6.92 Å². The molecule has 0 atom stereocenters. The van der Waals surface area contributed by atoms with E-state index in [1.54, 1.807) is 24.5 Å². The number of fused-ring (bicyclic) bond motifs is 1. The van der Waals surface area contributed by atoms with Crippen LogP contribution in [0.25, 0.3) is 22.3 Å². The molecule has 4 heterocycles. The topological polar surface area (TPSA) is 110 Å². The minimum atomic E-state index is -0.511. The molecule has 0 radical (unpaired) electrons. The second-order valence-corrected chi connectivity index (χ2v) is 6.22. The van der Waals surface area contributed by atoms with Crippen LogP contribution in [0.3, 0.4) is 0 Å². The first kappa shape index (κ1) is 16.7. The summed E-state index contributed by atoms with van der Waals surface area (Å²) in [6.07, 6.45) is 5.35. The molecule has 0 aliphatic heterocycles. The highest BCUT2D eigenvalue weighted by Crippen LogP contribution is 2.31. The average molecular weight is 358 g/mol. The summed E-state index contributed by atoms with van der Waals surface area (Å²) in [5.41, 5.74) is 9.86. The van der Waals surface area contributed by atoms with E-state index in [0.29, 0.717) is 29.3 Å². The van der Waals surface area contributed by atoms with Crippen molar-refractivity contribution in [2.24, 2.45) is 5.73 Å². The minimum absolute atomic E-state index is 0.382. The van der Waals surface area contributed by atoms with Gasteiger partial charge >= 0.3 is 0 Å². The normalized spacial score (nSPS) is 10.9. The number of anilines is 1. The molecule has 0 saturated heterocycles. The number of nitrogens with two attached hydrogens (primary N) is 1. The third-order valence-electron chi connectivity index (χ3n) is 4.28. The van der Waals surface area contributed by atoms with E-state index in [2.05, 4.69) is 25.3 Å². The first-order valence-electron chi connectivity index (χ1n) is 8.50. The Balaban J connectivity index is 1.80. The Kier molecular flexibility index (Phi) is 4.25. The monoisotopic (exact) mass is 358 g/mol. The van der Waals surface area contributed by atoms with Crippen molar-refractivity contribution in [1.82, 2.24) is 19.9 Å². The maximum atomic E-state index is 11.9. The molecule has 7 nitrogen and oxygen atoms in total. The van der Waals surface area contributed by atoms with Gasteiger partial charge in [-0.2, -0.15) is 0 Å². The molecule has 0 bridgehead atoms. The average Bonchev–Trinajstić information content (AvgIpc) is 3.15. The number of pyridine rings is 3. The number of aromatic nitrogens is 4. The zero-order valence-electron chi connectivity index (χ0n) is 14.7. The maximum Gasteiger partial charge on any atom is 0.250 e. The second kappa shape index (κ2) is 6.87. The first-order chi connectivity index (χ1) is 13.1. The summed E-state index contributed by atoms with van der Waals surface area (Å²) in [6.45, 7) is 2.46. The van der Waals surface area contributed by atoms with Gasteiger partial charge in [0.2, 0.25) is 0 Å². The number of H-pyrrole nitrogens is 1. The number of hydrogen-bond acceptors (Lipinski definition) is 5. The fraction of sp³-hybridized carbons (Fsp3) is 0.100.